The van der Waals surface area contributed by atoms with Gasteiger partial charge < -0.3 is 5.32 Å². The number of nitrogens with one attached hydrogen (secondary N) is 1. The molecule has 122 valence electrons. The lowest BCUT2D eigenvalue weighted by atomic mass is 10.2. The molecule has 1 N–H and O–H groups in total. The van der Waals surface area contributed by atoms with Crippen LogP contribution in [-0.4, -0.2) is 37.5 Å². The number of piperidine rings is 1. The zero-order chi connectivity index (χ0) is 16.2. The molecule has 0 unspecified atom stereocenters. The van der Waals surface area contributed by atoms with E-state index < -0.39 is 10.0 Å². The van der Waals surface area contributed by atoms with Crippen LogP contribution in [-0.2, 0) is 14.8 Å². The van der Waals surface area contributed by atoms with E-state index in [4.69, 9.17) is 0 Å². The number of benzene rings is 1. The van der Waals surface area contributed by atoms with Gasteiger partial charge in [0.15, 0.2) is 0 Å². The number of hydrogen-bond acceptors (Lipinski definition) is 3. The molecule has 0 radical (unpaired) electrons. The van der Waals surface area contributed by atoms with Gasteiger partial charge in [0.1, 0.15) is 0 Å². The first-order chi connectivity index (χ1) is 10.4. The molecule has 1 heterocycles. The molecule has 1 saturated heterocycles. The molecule has 0 bridgehead atoms. The van der Waals surface area contributed by atoms with E-state index in [0.29, 0.717) is 18.8 Å². The standard InChI is InChI=1S/C15H21BrN2O3S/c1-12-11-13(5-6-14(12)16)17-15(19)7-10-22(20,21)18-8-3-2-4-9-18/h5-6,11H,2-4,7-10H2,1H3,(H,17,19). The Kier molecular flexibility index (Phi) is 6.00. The van der Waals surface area contributed by atoms with Gasteiger partial charge in [-0.15, -0.1) is 0 Å². The monoisotopic (exact) mass is 388 g/mol. The fourth-order valence-electron chi connectivity index (χ4n) is 2.44. The lowest BCUT2D eigenvalue weighted by Crippen LogP contribution is -2.37. The zero-order valence-corrected chi connectivity index (χ0v) is 15.0. The van der Waals surface area contributed by atoms with E-state index in [1.807, 2.05) is 19.1 Å². The lowest BCUT2D eigenvalue weighted by Gasteiger charge is -2.25. The molecular formula is C15H21BrN2O3S. The van der Waals surface area contributed by atoms with E-state index in [-0.39, 0.29) is 18.1 Å². The molecule has 5 nitrogen and oxygen atoms in total. The van der Waals surface area contributed by atoms with E-state index in [1.54, 1.807) is 6.07 Å². The fraction of sp³-hybridized carbons (Fsp3) is 0.533. The van der Waals surface area contributed by atoms with Gasteiger partial charge in [-0.1, -0.05) is 22.4 Å². The van der Waals surface area contributed by atoms with Gasteiger partial charge in [-0.3, -0.25) is 4.79 Å². The predicted octanol–water partition coefficient (Wildman–Crippen LogP) is 2.90. The number of aryl methyl sites for hydroxylation is 1. The van der Waals surface area contributed by atoms with Crippen molar-refractivity contribution in [3.63, 3.8) is 0 Å². The Hall–Kier alpha value is -0.920. The van der Waals surface area contributed by atoms with Crippen molar-refractivity contribution in [2.45, 2.75) is 32.6 Å². The average molecular weight is 389 g/mol. The Balaban J connectivity index is 1.87. The summed E-state index contributed by atoms with van der Waals surface area (Å²) in [5, 5.41) is 2.74. The van der Waals surface area contributed by atoms with Crippen molar-refractivity contribution >= 4 is 37.5 Å². The summed E-state index contributed by atoms with van der Waals surface area (Å²) in [7, 11) is -3.32. The summed E-state index contributed by atoms with van der Waals surface area (Å²) in [6, 6.07) is 5.49. The summed E-state index contributed by atoms with van der Waals surface area (Å²) in [6.45, 7) is 3.09. The summed E-state index contributed by atoms with van der Waals surface area (Å²) in [6.07, 6.45) is 2.87. The van der Waals surface area contributed by atoms with Gasteiger partial charge in [-0.25, -0.2) is 12.7 Å². The summed E-state index contributed by atoms with van der Waals surface area (Å²) < 4.78 is 26.8. The Bertz CT molecular complexity index is 640. The normalized spacial score (nSPS) is 16.5. The molecule has 7 heteroatoms. The van der Waals surface area contributed by atoms with Crippen molar-refractivity contribution < 1.29 is 13.2 Å². The first kappa shape index (κ1) is 17.4. The van der Waals surface area contributed by atoms with Gasteiger partial charge >= 0.3 is 0 Å². The van der Waals surface area contributed by atoms with Crippen LogP contribution >= 0.6 is 15.9 Å². The van der Waals surface area contributed by atoms with Gasteiger partial charge in [-0.2, -0.15) is 0 Å². The first-order valence-electron chi connectivity index (χ1n) is 7.42. The van der Waals surface area contributed by atoms with Crippen LogP contribution in [0.2, 0.25) is 0 Å². The maximum Gasteiger partial charge on any atom is 0.225 e. The summed E-state index contributed by atoms with van der Waals surface area (Å²) >= 11 is 3.40. The van der Waals surface area contributed by atoms with Gasteiger partial charge in [-0.05, 0) is 43.5 Å². The van der Waals surface area contributed by atoms with E-state index in [0.717, 1.165) is 29.3 Å². The fourth-order valence-corrected chi connectivity index (χ4v) is 4.20. The Morgan fingerprint density at radius 2 is 1.95 bits per heavy atom. The molecule has 2 rings (SSSR count). The SMILES string of the molecule is Cc1cc(NC(=O)CCS(=O)(=O)N2CCCCC2)ccc1Br. The van der Waals surface area contributed by atoms with Crippen LogP contribution in [0, 0.1) is 6.92 Å². The van der Waals surface area contributed by atoms with Gasteiger partial charge in [0.2, 0.25) is 15.9 Å². The van der Waals surface area contributed by atoms with E-state index in [9.17, 15) is 13.2 Å². The second-order valence-corrected chi connectivity index (χ2v) is 8.48. The lowest BCUT2D eigenvalue weighted by molar-refractivity contribution is -0.115. The third-order valence-electron chi connectivity index (χ3n) is 3.74. The van der Waals surface area contributed by atoms with Crippen LogP contribution in [0.4, 0.5) is 5.69 Å². The van der Waals surface area contributed by atoms with Crippen molar-refractivity contribution in [3.8, 4) is 0 Å². The molecule has 1 aliphatic rings. The first-order valence-corrected chi connectivity index (χ1v) is 9.82. The van der Waals surface area contributed by atoms with Crippen molar-refractivity contribution in [1.29, 1.82) is 0 Å². The smallest absolute Gasteiger partial charge is 0.225 e. The molecule has 0 aliphatic carbocycles. The average Bonchev–Trinajstić information content (AvgIpc) is 2.50. The molecule has 1 aromatic carbocycles. The largest absolute Gasteiger partial charge is 0.326 e. The maximum absolute atomic E-state index is 12.2. The number of amides is 1. The molecule has 1 aromatic rings. The highest BCUT2D eigenvalue weighted by Crippen LogP contribution is 2.20. The van der Waals surface area contributed by atoms with E-state index in [2.05, 4.69) is 21.2 Å². The molecule has 0 saturated carbocycles. The molecule has 1 fully saturated rings. The number of sulfonamides is 1. The molecule has 0 spiro atoms. The van der Waals surface area contributed by atoms with Crippen molar-refractivity contribution in [2.24, 2.45) is 0 Å². The number of nitrogens with zero attached hydrogens (tertiary/aromatic N) is 1. The molecule has 22 heavy (non-hydrogen) atoms. The second-order valence-electron chi connectivity index (χ2n) is 5.54. The molecule has 1 amide bonds. The van der Waals surface area contributed by atoms with Crippen molar-refractivity contribution in [2.75, 3.05) is 24.2 Å². The van der Waals surface area contributed by atoms with Crippen molar-refractivity contribution in [1.82, 2.24) is 4.31 Å². The highest BCUT2D eigenvalue weighted by Gasteiger charge is 2.24. The second kappa shape index (κ2) is 7.57. The minimum atomic E-state index is -3.32. The van der Waals surface area contributed by atoms with Gasteiger partial charge in [0.25, 0.3) is 0 Å². The Labute approximate surface area is 140 Å². The van der Waals surface area contributed by atoms with Gasteiger partial charge in [0, 0.05) is 29.7 Å². The number of rotatable bonds is 5. The highest BCUT2D eigenvalue weighted by molar-refractivity contribution is 9.10. The van der Waals surface area contributed by atoms with Crippen LogP contribution in [0.3, 0.4) is 0 Å². The van der Waals surface area contributed by atoms with E-state index >= 15 is 0 Å². The number of anilines is 1. The maximum atomic E-state index is 12.2. The van der Waals surface area contributed by atoms with Crippen LogP contribution in [0.25, 0.3) is 0 Å². The van der Waals surface area contributed by atoms with Gasteiger partial charge in [0.05, 0.1) is 5.75 Å². The van der Waals surface area contributed by atoms with Crippen LogP contribution < -0.4 is 5.32 Å². The van der Waals surface area contributed by atoms with Crippen LogP contribution in [0.5, 0.6) is 0 Å². The minimum absolute atomic E-state index is 0.0199. The molecular weight excluding hydrogens is 368 g/mol. The molecule has 0 atom stereocenters. The summed E-state index contributed by atoms with van der Waals surface area (Å²) in [5.74, 6) is -0.406. The van der Waals surface area contributed by atoms with E-state index in [1.165, 1.54) is 4.31 Å². The van der Waals surface area contributed by atoms with Crippen LogP contribution in [0.15, 0.2) is 22.7 Å². The predicted molar refractivity (Wildman–Crippen MR) is 91.3 cm³/mol. The number of carbonyl (C=O) groups is 1. The summed E-state index contributed by atoms with van der Waals surface area (Å²) in [4.78, 5) is 11.9. The molecule has 1 aliphatic heterocycles. The minimum Gasteiger partial charge on any atom is -0.326 e. The quantitative estimate of drug-likeness (QED) is 0.842. The number of halogens is 1. The van der Waals surface area contributed by atoms with Crippen molar-refractivity contribution in [3.05, 3.63) is 28.2 Å². The number of carbonyl (C=O) groups excluding carboxylic acids is 1. The zero-order valence-electron chi connectivity index (χ0n) is 12.6. The Morgan fingerprint density at radius 1 is 1.27 bits per heavy atom. The third kappa shape index (κ3) is 4.79. The van der Waals surface area contributed by atoms with Crippen LogP contribution in [0.1, 0.15) is 31.2 Å². The summed E-state index contributed by atoms with van der Waals surface area (Å²) in [5.41, 5.74) is 1.69. The molecule has 0 aromatic heterocycles. The highest BCUT2D eigenvalue weighted by atomic mass is 79.9. The third-order valence-corrected chi connectivity index (χ3v) is 6.50. The topological polar surface area (TPSA) is 66.5 Å². The Morgan fingerprint density at radius 3 is 2.59 bits per heavy atom. The number of hydrogen-bond donors (Lipinski definition) is 1.